The Morgan fingerprint density at radius 3 is 2.65 bits per heavy atom. The average Bonchev–Trinajstić information content (AvgIpc) is 2.91. The fraction of sp³-hybridized carbons (Fsp3) is 0.176. The van der Waals surface area contributed by atoms with Crippen LogP contribution in [0.4, 0.5) is 0 Å². The lowest BCUT2D eigenvalue weighted by atomic mass is 10.1. The second kappa shape index (κ2) is 5.80. The van der Waals surface area contributed by atoms with E-state index in [0.717, 1.165) is 23.1 Å². The Hall–Kier alpha value is -2.26. The number of hydrogen-bond acceptors (Lipinski definition) is 2. The first kappa shape index (κ1) is 12.8. The summed E-state index contributed by atoms with van der Waals surface area (Å²) < 4.78 is 5.99. The first-order chi connectivity index (χ1) is 9.88. The number of fused-ring (bicyclic) bond motifs is 1. The smallest absolute Gasteiger partial charge is 0.129 e. The van der Waals surface area contributed by atoms with Crippen molar-refractivity contribution in [3.05, 3.63) is 65.9 Å². The van der Waals surface area contributed by atoms with E-state index in [9.17, 15) is 0 Å². The molecule has 0 spiro atoms. The third kappa shape index (κ3) is 2.53. The van der Waals surface area contributed by atoms with Crippen LogP contribution in [0.2, 0.25) is 0 Å². The maximum absolute atomic E-state index is 5.99. The van der Waals surface area contributed by atoms with Crippen molar-refractivity contribution in [2.45, 2.75) is 13.0 Å². The van der Waals surface area contributed by atoms with Gasteiger partial charge in [0.25, 0.3) is 0 Å². The summed E-state index contributed by atoms with van der Waals surface area (Å²) in [6.07, 6.45) is 2.87. The van der Waals surface area contributed by atoms with Crippen LogP contribution in [0.15, 0.2) is 54.7 Å². The highest BCUT2D eigenvalue weighted by Crippen LogP contribution is 2.29. The van der Waals surface area contributed by atoms with Crippen molar-refractivity contribution in [2.75, 3.05) is 6.54 Å². The number of nitrogens with one attached hydrogen (secondary N) is 1. The molecule has 3 nitrogen and oxygen atoms in total. The van der Waals surface area contributed by atoms with Gasteiger partial charge in [-0.1, -0.05) is 36.4 Å². The lowest BCUT2D eigenvalue weighted by Crippen LogP contribution is -2.02. The summed E-state index contributed by atoms with van der Waals surface area (Å²) in [5.41, 5.74) is 9.15. The molecule has 0 saturated carbocycles. The van der Waals surface area contributed by atoms with Crippen LogP contribution in [0.5, 0.6) is 5.75 Å². The normalized spacial score (nSPS) is 10.8. The number of ether oxygens (including phenoxy) is 1. The largest absolute Gasteiger partial charge is 0.488 e. The Morgan fingerprint density at radius 2 is 1.85 bits per heavy atom. The second-order valence-corrected chi connectivity index (χ2v) is 4.81. The summed E-state index contributed by atoms with van der Waals surface area (Å²) in [5.74, 6) is 0.913. The number of H-pyrrole nitrogens is 1. The third-order valence-corrected chi connectivity index (χ3v) is 3.40. The zero-order chi connectivity index (χ0) is 13.8. The SMILES string of the molecule is NCCc1c[nH]c2cccc(OCc3ccccc3)c12. The van der Waals surface area contributed by atoms with E-state index >= 15 is 0 Å². The molecule has 0 atom stereocenters. The minimum Gasteiger partial charge on any atom is -0.488 e. The molecule has 0 saturated heterocycles. The molecule has 1 heterocycles. The van der Waals surface area contributed by atoms with Gasteiger partial charge in [-0.25, -0.2) is 0 Å². The summed E-state index contributed by atoms with van der Waals surface area (Å²) in [7, 11) is 0. The second-order valence-electron chi connectivity index (χ2n) is 4.81. The molecule has 102 valence electrons. The van der Waals surface area contributed by atoms with Gasteiger partial charge < -0.3 is 15.5 Å². The molecule has 3 heteroatoms. The van der Waals surface area contributed by atoms with Crippen LogP contribution in [-0.4, -0.2) is 11.5 Å². The number of hydrogen-bond donors (Lipinski definition) is 2. The Kier molecular flexibility index (Phi) is 3.70. The average molecular weight is 266 g/mol. The van der Waals surface area contributed by atoms with Crippen molar-refractivity contribution < 1.29 is 4.74 Å². The van der Waals surface area contributed by atoms with Crippen molar-refractivity contribution in [3.63, 3.8) is 0 Å². The van der Waals surface area contributed by atoms with Crippen LogP contribution in [0, 0.1) is 0 Å². The predicted octanol–water partition coefficient (Wildman–Crippen LogP) is 3.25. The monoisotopic (exact) mass is 266 g/mol. The van der Waals surface area contributed by atoms with E-state index in [0.29, 0.717) is 13.2 Å². The van der Waals surface area contributed by atoms with Crippen molar-refractivity contribution in [1.29, 1.82) is 0 Å². The third-order valence-electron chi connectivity index (χ3n) is 3.40. The summed E-state index contributed by atoms with van der Waals surface area (Å²) in [5, 5.41) is 1.15. The van der Waals surface area contributed by atoms with Crippen LogP contribution >= 0.6 is 0 Å². The van der Waals surface area contributed by atoms with Gasteiger partial charge in [0.15, 0.2) is 0 Å². The van der Waals surface area contributed by atoms with Gasteiger partial charge in [-0.2, -0.15) is 0 Å². The molecule has 2 aromatic carbocycles. The van der Waals surface area contributed by atoms with Gasteiger partial charge in [0, 0.05) is 17.1 Å². The number of rotatable bonds is 5. The molecule has 0 bridgehead atoms. The van der Waals surface area contributed by atoms with E-state index in [2.05, 4.69) is 23.2 Å². The summed E-state index contributed by atoms with van der Waals surface area (Å²) in [6.45, 7) is 1.22. The van der Waals surface area contributed by atoms with E-state index in [4.69, 9.17) is 10.5 Å². The van der Waals surface area contributed by atoms with Crippen molar-refractivity contribution in [3.8, 4) is 5.75 Å². The fourth-order valence-corrected chi connectivity index (χ4v) is 2.43. The van der Waals surface area contributed by atoms with Gasteiger partial charge >= 0.3 is 0 Å². The molecule has 0 aliphatic heterocycles. The lowest BCUT2D eigenvalue weighted by Gasteiger charge is -2.09. The molecule has 0 radical (unpaired) electrons. The van der Waals surface area contributed by atoms with E-state index in [-0.39, 0.29) is 0 Å². The summed E-state index contributed by atoms with van der Waals surface area (Å²) in [6, 6.07) is 16.3. The Bertz CT molecular complexity index is 689. The standard InChI is InChI=1S/C17H18N2O/c18-10-9-14-11-19-15-7-4-8-16(17(14)15)20-12-13-5-2-1-3-6-13/h1-8,11,19H,9-10,12,18H2. The van der Waals surface area contributed by atoms with E-state index in [1.807, 2.05) is 36.5 Å². The fourth-order valence-electron chi connectivity index (χ4n) is 2.43. The molecule has 0 aliphatic carbocycles. The topological polar surface area (TPSA) is 51.0 Å². The van der Waals surface area contributed by atoms with Crippen LogP contribution in [0.1, 0.15) is 11.1 Å². The lowest BCUT2D eigenvalue weighted by molar-refractivity contribution is 0.310. The van der Waals surface area contributed by atoms with E-state index in [1.165, 1.54) is 11.1 Å². The zero-order valence-electron chi connectivity index (χ0n) is 11.3. The maximum atomic E-state index is 5.99. The first-order valence-electron chi connectivity index (χ1n) is 6.84. The highest BCUT2D eigenvalue weighted by molar-refractivity contribution is 5.89. The molecule has 0 aliphatic rings. The van der Waals surface area contributed by atoms with Crippen LogP contribution in [0.3, 0.4) is 0 Å². The van der Waals surface area contributed by atoms with Gasteiger partial charge in [-0.05, 0) is 36.2 Å². The van der Waals surface area contributed by atoms with Gasteiger partial charge in [-0.3, -0.25) is 0 Å². The van der Waals surface area contributed by atoms with Gasteiger partial charge in [-0.15, -0.1) is 0 Å². The Morgan fingerprint density at radius 1 is 1.00 bits per heavy atom. The van der Waals surface area contributed by atoms with Crippen LogP contribution in [-0.2, 0) is 13.0 Å². The van der Waals surface area contributed by atoms with Crippen molar-refractivity contribution >= 4 is 10.9 Å². The molecule has 0 fully saturated rings. The highest BCUT2D eigenvalue weighted by atomic mass is 16.5. The molecule has 3 aromatic rings. The van der Waals surface area contributed by atoms with E-state index < -0.39 is 0 Å². The predicted molar refractivity (Wildman–Crippen MR) is 81.8 cm³/mol. The molecule has 0 amide bonds. The first-order valence-corrected chi connectivity index (χ1v) is 6.84. The molecular formula is C17H18N2O. The highest BCUT2D eigenvalue weighted by Gasteiger charge is 2.09. The molecule has 3 rings (SSSR count). The zero-order valence-corrected chi connectivity index (χ0v) is 11.3. The summed E-state index contributed by atoms with van der Waals surface area (Å²) in [4.78, 5) is 3.28. The van der Waals surface area contributed by atoms with Crippen molar-refractivity contribution in [1.82, 2.24) is 4.98 Å². The molecule has 1 aromatic heterocycles. The molecule has 20 heavy (non-hydrogen) atoms. The minimum atomic E-state index is 0.577. The molecular weight excluding hydrogens is 248 g/mol. The van der Waals surface area contributed by atoms with Crippen molar-refractivity contribution in [2.24, 2.45) is 5.73 Å². The number of aromatic nitrogens is 1. The van der Waals surface area contributed by atoms with Gasteiger partial charge in [0.05, 0.1) is 0 Å². The summed E-state index contributed by atoms with van der Waals surface area (Å²) >= 11 is 0. The quantitative estimate of drug-likeness (QED) is 0.744. The number of nitrogens with two attached hydrogens (primary N) is 1. The Balaban J connectivity index is 1.89. The maximum Gasteiger partial charge on any atom is 0.129 e. The number of aromatic amines is 1. The van der Waals surface area contributed by atoms with Crippen LogP contribution < -0.4 is 10.5 Å². The van der Waals surface area contributed by atoms with Gasteiger partial charge in [0.2, 0.25) is 0 Å². The van der Waals surface area contributed by atoms with Crippen LogP contribution in [0.25, 0.3) is 10.9 Å². The Labute approximate surface area is 118 Å². The minimum absolute atomic E-state index is 0.577. The van der Waals surface area contributed by atoms with E-state index in [1.54, 1.807) is 0 Å². The van der Waals surface area contributed by atoms with Gasteiger partial charge in [0.1, 0.15) is 12.4 Å². The molecule has 3 N–H and O–H groups in total. The molecule has 0 unspecified atom stereocenters. The number of benzene rings is 2.